The van der Waals surface area contributed by atoms with Crippen LogP contribution < -0.4 is 10.2 Å². The highest BCUT2D eigenvalue weighted by atomic mass is 16.5. The van der Waals surface area contributed by atoms with Gasteiger partial charge in [-0.3, -0.25) is 0 Å². The van der Waals surface area contributed by atoms with Crippen molar-refractivity contribution in [3.63, 3.8) is 0 Å². The van der Waals surface area contributed by atoms with E-state index in [4.69, 9.17) is 17.0 Å². The summed E-state index contributed by atoms with van der Waals surface area (Å²) < 4.78 is 14.7. The summed E-state index contributed by atoms with van der Waals surface area (Å²) in [6.07, 6.45) is 0. The third kappa shape index (κ3) is 4.47. The van der Waals surface area contributed by atoms with Crippen LogP contribution in [0.3, 0.4) is 0 Å². The van der Waals surface area contributed by atoms with Crippen LogP contribution in [0.5, 0.6) is 17.2 Å². The molecular weight excluding hydrogens is 577 g/mol. The van der Waals surface area contributed by atoms with Crippen molar-refractivity contribution in [1.82, 2.24) is 4.57 Å². The lowest BCUT2D eigenvalue weighted by molar-refractivity contribution is 0.477. The Kier molecular flexibility index (Phi) is 6.19. The molecule has 220 valence electrons. The van der Waals surface area contributed by atoms with Gasteiger partial charge in [-0.15, -0.1) is 0 Å². The zero-order valence-corrected chi connectivity index (χ0v) is 25.2. The molecule has 0 saturated carbocycles. The van der Waals surface area contributed by atoms with Gasteiger partial charge >= 0.3 is 0 Å². The molecule has 0 aliphatic carbocycles. The van der Waals surface area contributed by atoms with Crippen LogP contribution in [0.25, 0.3) is 71.7 Å². The molecule has 5 heteroatoms. The molecule has 0 aliphatic rings. The van der Waals surface area contributed by atoms with Crippen LogP contribution in [0.2, 0.25) is 0 Å². The number of hydrogen-bond acceptors (Lipinski definition) is 3. The number of hydrogen-bond donors (Lipinski definition) is 1. The highest BCUT2D eigenvalue weighted by molar-refractivity contribution is 6.34. The quantitative estimate of drug-likeness (QED) is 0.199. The minimum absolute atomic E-state index is 0.178. The molecule has 0 fully saturated rings. The normalized spacial score (nSPS) is 11.6. The molecule has 9 aromatic rings. The SMILES string of the molecule is [B]c1ccc(-n2c3ccccc3c3ccccc32)cc1Oc1cccc(-c2ccc(-c3cccc4oc5ccccc5c34)cc2O)c1. The summed E-state index contributed by atoms with van der Waals surface area (Å²) in [6, 6.07) is 50.2. The topological polar surface area (TPSA) is 47.5 Å². The predicted molar refractivity (Wildman–Crippen MR) is 192 cm³/mol. The van der Waals surface area contributed by atoms with Crippen LogP contribution in [-0.2, 0) is 0 Å². The van der Waals surface area contributed by atoms with Gasteiger partial charge in [0.05, 0.1) is 11.0 Å². The number of benzene rings is 7. The second kappa shape index (κ2) is 10.7. The minimum atomic E-state index is 0.178. The molecule has 2 heterocycles. The van der Waals surface area contributed by atoms with Gasteiger partial charge in [0.2, 0.25) is 0 Å². The first kappa shape index (κ1) is 27.1. The first-order chi connectivity index (χ1) is 23.1. The number of para-hydroxylation sites is 3. The fourth-order valence-electron chi connectivity index (χ4n) is 6.76. The summed E-state index contributed by atoms with van der Waals surface area (Å²) in [5, 5.41) is 15.8. The Morgan fingerprint density at radius 3 is 2.02 bits per heavy atom. The molecule has 0 atom stereocenters. The van der Waals surface area contributed by atoms with E-state index in [0.717, 1.165) is 55.3 Å². The van der Waals surface area contributed by atoms with Crippen LogP contribution in [0, 0.1) is 0 Å². The van der Waals surface area contributed by atoms with Crippen molar-refractivity contribution < 1.29 is 14.3 Å². The van der Waals surface area contributed by atoms with E-state index in [2.05, 4.69) is 65.2 Å². The Balaban J connectivity index is 1.07. The van der Waals surface area contributed by atoms with Crippen molar-refractivity contribution in [3.05, 3.63) is 152 Å². The van der Waals surface area contributed by atoms with Crippen LogP contribution in [0.15, 0.2) is 156 Å². The summed E-state index contributed by atoms with van der Waals surface area (Å²) in [5.41, 5.74) is 8.82. The molecule has 1 N–H and O–H groups in total. The largest absolute Gasteiger partial charge is 0.507 e. The highest BCUT2D eigenvalue weighted by Gasteiger charge is 2.16. The monoisotopic (exact) mass is 603 g/mol. The molecule has 2 aromatic heterocycles. The summed E-state index contributed by atoms with van der Waals surface area (Å²) in [6.45, 7) is 0. The van der Waals surface area contributed by atoms with Crippen molar-refractivity contribution in [2.24, 2.45) is 0 Å². The molecule has 0 spiro atoms. The lowest BCUT2D eigenvalue weighted by Crippen LogP contribution is -2.08. The first-order valence-electron chi connectivity index (χ1n) is 15.5. The Morgan fingerprint density at radius 2 is 1.23 bits per heavy atom. The number of ether oxygens (including phenoxy) is 1. The fourth-order valence-corrected chi connectivity index (χ4v) is 6.76. The van der Waals surface area contributed by atoms with Gasteiger partial charge < -0.3 is 18.8 Å². The molecule has 0 aliphatic heterocycles. The maximum absolute atomic E-state index is 11.3. The standard InChI is InChI=1S/C42H26BNO3/c43-35-22-20-28(44-36-15-4-1-11-32(36)33-12-2-5-16-37(33)44)25-41(35)46-29-10-7-9-26(23-29)30-21-19-27(24-38(30)45)31-14-8-18-40-42(31)34-13-3-6-17-39(34)47-40/h1-25,45H. The van der Waals surface area contributed by atoms with E-state index >= 15 is 0 Å². The molecule has 7 aromatic carbocycles. The summed E-state index contributed by atoms with van der Waals surface area (Å²) >= 11 is 0. The van der Waals surface area contributed by atoms with E-state index in [1.54, 1.807) is 0 Å². The van der Waals surface area contributed by atoms with Crippen molar-refractivity contribution in [3.8, 4) is 45.2 Å². The average molecular weight is 603 g/mol. The molecule has 47 heavy (non-hydrogen) atoms. The van der Waals surface area contributed by atoms with Gasteiger partial charge in [0, 0.05) is 38.9 Å². The molecular formula is C42H26BNO3. The Morgan fingerprint density at radius 1 is 0.553 bits per heavy atom. The van der Waals surface area contributed by atoms with E-state index in [9.17, 15) is 5.11 Å². The van der Waals surface area contributed by atoms with Crippen molar-refractivity contribution in [2.75, 3.05) is 0 Å². The predicted octanol–water partition coefficient (Wildman–Crippen LogP) is 10.3. The number of rotatable bonds is 5. The zero-order chi connectivity index (χ0) is 31.5. The van der Waals surface area contributed by atoms with Gasteiger partial charge in [0.15, 0.2) is 0 Å². The van der Waals surface area contributed by atoms with Crippen LogP contribution >= 0.6 is 0 Å². The van der Waals surface area contributed by atoms with E-state index in [-0.39, 0.29) is 5.75 Å². The number of nitrogens with zero attached hydrogens (tertiary/aromatic N) is 1. The summed E-state index contributed by atoms with van der Waals surface area (Å²) in [4.78, 5) is 0. The first-order valence-corrected chi connectivity index (χ1v) is 15.5. The fraction of sp³-hybridized carbons (Fsp3) is 0. The number of fused-ring (bicyclic) bond motifs is 6. The second-order valence-electron chi connectivity index (χ2n) is 11.7. The molecule has 4 nitrogen and oxygen atoms in total. The molecule has 0 amide bonds. The van der Waals surface area contributed by atoms with Crippen LogP contribution in [-0.4, -0.2) is 17.5 Å². The Hall–Kier alpha value is -6.20. The molecule has 9 rings (SSSR count). The third-order valence-electron chi connectivity index (χ3n) is 8.92. The number of aromatic nitrogens is 1. The maximum atomic E-state index is 11.3. The Labute approximate surface area is 272 Å². The molecule has 2 radical (unpaired) electrons. The van der Waals surface area contributed by atoms with E-state index < -0.39 is 0 Å². The number of aromatic hydroxyl groups is 1. The van der Waals surface area contributed by atoms with Crippen molar-refractivity contribution in [2.45, 2.75) is 0 Å². The third-order valence-corrected chi connectivity index (χ3v) is 8.92. The molecule has 0 bridgehead atoms. The van der Waals surface area contributed by atoms with E-state index in [0.29, 0.717) is 22.5 Å². The van der Waals surface area contributed by atoms with Gasteiger partial charge in [0.1, 0.15) is 36.3 Å². The van der Waals surface area contributed by atoms with Gasteiger partial charge in [-0.25, -0.2) is 0 Å². The van der Waals surface area contributed by atoms with E-state index in [1.165, 1.54) is 10.8 Å². The number of furan rings is 1. The average Bonchev–Trinajstić information content (AvgIpc) is 3.65. The number of phenols is 1. The lowest BCUT2D eigenvalue weighted by Gasteiger charge is -2.15. The number of phenolic OH excluding ortho intramolecular Hbond substituents is 1. The highest BCUT2D eigenvalue weighted by Crippen LogP contribution is 2.40. The van der Waals surface area contributed by atoms with Crippen LogP contribution in [0.1, 0.15) is 0 Å². The molecule has 0 saturated heterocycles. The Bertz CT molecular complexity index is 2600. The van der Waals surface area contributed by atoms with Gasteiger partial charge in [-0.1, -0.05) is 103 Å². The van der Waals surface area contributed by atoms with Gasteiger partial charge in [-0.2, -0.15) is 0 Å². The van der Waals surface area contributed by atoms with Gasteiger partial charge in [0.25, 0.3) is 0 Å². The van der Waals surface area contributed by atoms with Gasteiger partial charge in [-0.05, 0) is 65.2 Å². The summed E-state index contributed by atoms with van der Waals surface area (Å²) in [7, 11) is 6.45. The van der Waals surface area contributed by atoms with E-state index in [1.807, 2.05) is 91.0 Å². The minimum Gasteiger partial charge on any atom is -0.507 e. The van der Waals surface area contributed by atoms with Crippen LogP contribution in [0.4, 0.5) is 0 Å². The molecule has 0 unspecified atom stereocenters. The van der Waals surface area contributed by atoms with Crippen molar-refractivity contribution in [1.29, 1.82) is 0 Å². The lowest BCUT2D eigenvalue weighted by atomic mass is 9.94. The smallest absolute Gasteiger partial charge is 0.136 e. The summed E-state index contributed by atoms with van der Waals surface area (Å²) in [5.74, 6) is 1.35. The zero-order valence-electron chi connectivity index (χ0n) is 25.2. The second-order valence-corrected chi connectivity index (χ2v) is 11.7. The maximum Gasteiger partial charge on any atom is 0.136 e. The van der Waals surface area contributed by atoms with Crippen molar-refractivity contribution >= 4 is 57.1 Å².